The average molecular weight is 415 g/mol. The van der Waals surface area contributed by atoms with E-state index in [4.69, 9.17) is 0 Å². The van der Waals surface area contributed by atoms with E-state index in [1.807, 2.05) is 36.7 Å². The summed E-state index contributed by atoms with van der Waals surface area (Å²) >= 11 is 1.85. The van der Waals surface area contributed by atoms with Crippen LogP contribution in [0.3, 0.4) is 0 Å². The number of carbonyl (C=O) groups is 1. The van der Waals surface area contributed by atoms with Gasteiger partial charge in [0, 0.05) is 6.04 Å². The Labute approximate surface area is 141 Å². The van der Waals surface area contributed by atoms with Crippen LogP contribution in [0.1, 0.15) is 24.2 Å². The Kier molecular flexibility index (Phi) is 5.47. The van der Waals surface area contributed by atoms with Crippen molar-refractivity contribution in [1.82, 2.24) is 15.3 Å². The summed E-state index contributed by atoms with van der Waals surface area (Å²) in [6, 6.07) is 6.86. The molecule has 0 aliphatic heterocycles. The van der Waals surface area contributed by atoms with E-state index in [-0.39, 0.29) is 23.7 Å². The second-order valence-electron chi connectivity index (χ2n) is 4.78. The van der Waals surface area contributed by atoms with Gasteiger partial charge in [-0.1, -0.05) is 12.1 Å². The van der Waals surface area contributed by atoms with Crippen molar-refractivity contribution in [2.24, 2.45) is 0 Å². The number of halogens is 2. The van der Waals surface area contributed by atoms with E-state index in [9.17, 15) is 9.18 Å². The molecule has 1 aromatic heterocycles. The van der Waals surface area contributed by atoms with Crippen LogP contribution in [-0.2, 0) is 0 Å². The molecule has 1 aromatic carbocycles. The maximum atomic E-state index is 13.8. The van der Waals surface area contributed by atoms with Crippen LogP contribution in [0.15, 0.2) is 30.5 Å². The molecule has 3 N–H and O–H groups in total. The highest BCUT2D eigenvalue weighted by Gasteiger charge is 2.14. The minimum Gasteiger partial charge on any atom is -0.350 e. The van der Waals surface area contributed by atoms with Gasteiger partial charge in [0.05, 0.1) is 40.3 Å². The minimum absolute atomic E-state index is 0.000960. The molecule has 1 heterocycles. The quantitative estimate of drug-likeness (QED) is 0.516. The molecular formula is C14H15FIN5O. The second kappa shape index (κ2) is 7.34. The molecule has 116 valence electrons. The molecule has 22 heavy (non-hydrogen) atoms. The van der Waals surface area contributed by atoms with E-state index in [2.05, 4.69) is 24.1 Å². The summed E-state index contributed by atoms with van der Waals surface area (Å²) in [6.45, 7) is 3.74. The fourth-order valence-electron chi connectivity index (χ4n) is 1.76. The Morgan fingerprint density at radius 1 is 1.32 bits per heavy atom. The lowest BCUT2D eigenvalue weighted by atomic mass is 10.1. The Hall–Kier alpha value is -1.97. The third kappa shape index (κ3) is 4.03. The Morgan fingerprint density at radius 3 is 2.73 bits per heavy atom. The molecule has 2 rings (SSSR count). The molecule has 0 atom stereocenters. The normalized spacial score (nSPS) is 10.4. The van der Waals surface area contributed by atoms with Crippen molar-refractivity contribution in [3.05, 3.63) is 41.8 Å². The highest BCUT2D eigenvalue weighted by atomic mass is 127. The van der Waals surface area contributed by atoms with Crippen molar-refractivity contribution in [2.75, 3.05) is 8.85 Å². The standard InChI is InChI=1S/C14H15FIN5O/c1-8(2)18-13(22)9-5-3-4-6-11(9)19-12-10(15)7-17-14(20-12)21-16/h3-8H,1-2H3,(H,18,22)(H2,17,19,20,21). The molecule has 0 bridgehead atoms. The summed E-state index contributed by atoms with van der Waals surface area (Å²) < 4.78 is 16.5. The summed E-state index contributed by atoms with van der Waals surface area (Å²) in [4.78, 5) is 20.0. The molecule has 0 aliphatic rings. The molecule has 0 saturated heterocycles. The van der Waals surface area contributed by atoms with Gasteiger partial charge in [-0.3, -0.25) is 8.32 Å². The van der Waals surface area contributed by atoms with Gasteiger partial charge in [0.15, 0.2) is 11.6 Å². The summed E-state index contributed by atoms with van der Waals surface area (Å²) in [5.74, 6) is -0.568. The van der Waals surface area contributed by atoms with Gasteiger partial charge < -0.3 is 10.6 Å². The third-order valence-corrected chi connectivity index (χ3v) is 3.16. The van der Waals surface area contributed by atoms with Gasteiger partial charge in [0.2, 0.25) is 5.95 Å². The number of nitrogens with zero attached hydrogens (tertiary/aromatic N) is 2. The van der Waals surface area contributed by atoms with Crippen LogP contribution < -0.4 is 14.2 Å². The average Bonchev–Trinajstić information content (AvgIpc) is 2.49. The highest BCUT2D eigenvalue weighted by Crippen LogP contribution is 2.22. The predicted octanol–water partition coefficient (Wildman–Crippen LogP) is 3.26. The van der Waals surface area contributed by atoms with Gasteiger partial charge in [-0.15, -0.1) is 0 Å². The molecule has 0 saturated carbocycles. The lowest BCUT2D eigenvalue weighted by Gasteiger charge is -2.14. The smallest absolute Gasteiger partial charge is 0.253 e. The summed E-state index contributed by atoms with van der Waals surface area (Å²) in [6.07, 6.45) is 1.06. The largest absolute Gasteiger partial charge is 0.350 e. The van der Waals surface area contributed by atoms with E-state index >= 15 is 0 Å². The van der Waals surface area contributed by atoms with Crippen LogP contribution in [0.5, 0.6) is 0 Å². The van der Waals surface area contributed by atoms with Crippen LogP contribution in [-0.4, -0.2) is 21.9 Å². The number of hydrogen-bond acceptors (Lipinski definition) is 5. The van der Waals surface area contributed by atoms with E-state index < -0.39 is 5.82 Å². The Morgan fingerprint density at radius 2 is 2.05 bits per heavy atom. The predicted molar refractivity (Wildman–Crippen MR) is 92.0 cm³/mol. The van der Waals surface area contributed by atoms with Crippen LogP contribution in [0, 0.1) is 5.82 Å². The van der Waals surface area contributed by atoms with Crippen molar-refractivity contribution < 1.29 is 9.18 Å². The zero-order chi connectivity index (χ0) is 16.1. The topological polar surface area (TPSA) is 78.9 Å². The lowest BCUT2D eigenvalue weighted by Crippen LogP contribution is -2.30. The number of aromatic nitrogens is 2. The molecule has 1 amide bonds. The summed E-state index contributed by atoms with van der Waals surface area (Å²) in [5.41, 5.74) is 0.885. The van der Waals surface area contributed by atoms with Crippen LogP contribution in [0.4, 0.5) is 21.8 Å². The maximum absolute atomic E-state index is 13.8. The van der Waals surface area contributed by atoms with Gasteiger partial charge in [0.25, 0.3) is 5.91 Å². The summed E-state index contributed by atoms with van der Waals surface area (Å²) in [7, 11) is 0. The first kappa shape index (κ1) is 16.4. The van der Waals surface area contributed by atoms with E-state index in [1.54, 1.807) is 24.3 Å². The Bertz CT molecular complexity index is 680. The second-order valence-corrected chi connectivity index (χ2v) is 5.32. The monoisotopic (exact) mass is 415 g/mol. The molecule has 2 aromatic rings. The van der Waals surface area contributed by atoms with E-state index in [1.165, 1.54) is 0 Å². The van der Waals surface area contributed by atoms with Gasteiger partial charge in [0.1, 0.15) is 0 Å². The first-order valence-corrected chi connectivity index (χ1v) is 7.65. The number of hydrogen-bond donors (Lipinski definition) is 3. The number of amides is 1. The SMILES string of the molecule is CC(C)NC(=O)c1ccccc1Nc1nc(NI)ncc1F. The fourth-order valence-corrected chi connectivity index (χ4v) is 2.02. The van der Waals surface area contributed by atoms with Crippen LogP contribution in [0.2, 0.25) is 0 Å². The summed E-state index contributed by atoms with van der Waals surface area (Å²) in [5, 5.41) is 5.64. The number of rotatable bonds is 5. The van der Waals surface area contributed by atoms with E-state index in [0.717, 1.165) is 6.20 Å². The van der Waals surface area contributed by atoms with Gasteiger partial charge in [-0.05, 0) is 26.0 Å². The van der Waals surface area contributed by atoms with Gasteiger partial charge in [-0.2, -0.15) is 4.98 Å². The molecule has 0 radical (unpaired) electrons. The number of para-hydroxylation sites is 1. The third-order valence-electron chi connectivity index (χ3n) is 2.67. The van der Waals surface area contributed by atoms with Crippen LogP contribution >= 0.6 is 22.9 Å². The molecule has 0 aliphatic carbocycles. The zero-order valence-corrected chi connectivity index (χ0v) is 14.2. The molecule has 0 spiro atoms. The lowest BCUT2D eigenvalue weighted by molar-refractivity contribution is 0.0944. The van der Waals surface area contributed by atoms with E-state index in [0.29, 0.717) is 11.3 Å². The van der Waals surface area contributed by atoms with Crippen molar-refractivity contribution in [1.29, 1.82) is 0 Å². The van der Waals surface area contributed by atoms with Crippen LogP contribution in [0.25, 0.3) is 0 Å². The first-order chi connectivity index (χ1) is 10.5. The van der Waals surface area contributed by atoms with Crippen molar-refractivity contribution in [3.8, 4) is 0 Å². The number of carbonyl (C=O) groups excluding carboxylic acids is 1. The number of anilines is 3. The van der Waals surface area contributed by atoms with Gasteiger partial charge in [-0.25, -0.2) is 9.37 Å². The van der Waals surface area contributed by atoms with Gasteiger partial charge >= 0.3 is 0 Å². The molecule has 8 heteroatoms. The van der Waals surface area contributed by atoms with Crippen molar-refractivity contribution in [3.63, 3.8) is 0 Å². The number of benzene rings is 1. The Balaban J connectivity index is 2.32. The number of nitrogens with one attached hydrogen (secondary N) is 3. The van der Waals surface area contributed by atoms with Crippen molar-refractivity contribution >= 4 is 46.2 Å². The highest BCUT2D eigenvalue weighted by molar-refractivity contribution is 14.1. The molecule has 6 nitrogen and oxygen atoms in total. The first-order valence-electron chi connectivity index (χ1n) is 6.57. The zero-order valence-electron chi connectivity index (χ0n) is 12.0. The van der Waals surface area contributed by atoms with Crippen molar-refractivity contribution in [2.45, 2.75) is 19.9 Å². The minimum atomic E-state index is -0.602. The maximum Gasteiger partial charge on any atom is 0.253 e. The molecular weight excluding hydrogens is 400 g/mol. The molecule has 0 unspecified atom stereocenters. The fraction of sp³-hybridized carbons (Fsp3) is 0.214. The molecule has 0 fully saturated rings.